The molecule has 2 heterocycles. The molecule has 10 heteroatoms. The molecule has 4 atom stereocenters. The van der Waals surface area contributed by atoms with Crippen LogP contribution in [0.2, 0.25) is 0 Å². The second kappa shape index (κ2) is 13.0. The van der Waals surface area contributed by atoms with Crippen molar-refractivity contribution >= 4 is 23.7 Å². The minimum atomic E-state index is -0.964. The lowest BCUT2D eigenvalue weighted by Gasteiger charge is -2.40. The molecule has 0 aromatic heterocycles. The summed E-state index contributed by atoms with van der Waals surface area (Å²) in [6.45, 7) is 11.8. The highest BCUT2D eigenvalue weighted by Gasteiger charge is 2.40. The van der Waals surface area contributed by atoms with Crippen LogP contribution in [0, 0.1) is 11.3 Å². The molecule has 2 N–H and O–H groups in total. The summed E-state index contributed by atoms with van der Waals surface area (Å²) in [6.07, 6.45) is 4.03. The van der Waals surface area contributed by atoms with Crippen molar-refractivity contribution < 1.29 is 24.3 Å². The van der Waals surface area contributed by atoms with Gasteiger partial charge in [0.2, 0.25) is 17.7 Å². The summed E-state index contributed by atoms with van der Waals surface area (Å²) in [5, 5.41) is 12.5. The number of nitrogens with zero attached hydrogens (tertiary/aromatic N) is 4. The second-order valence-corrected chi connectivity index (χ2v) is 12.3. The highest BCUT2D eigenvalue weighted by atomic mass is 16.4. The van der Waals surface area contributed by atoms with Gasteiger partial charge in [0.05, 0.1) is 12.6 Å². The number of rotatable bonds is 10. The molecular weight excluding hydrogens is 474 g/mol. The Balaban J connectivity index is 2.10. The fourth-order valence-corrected chi connectivity index (χ4v) is 5.47. The smallest absolute Gasteiger partial charge is 0.326 e. The van der Waals surface area contributed by atoms with Gasteiger partial charge in [-0.25, -0.2) is 4.79 Å². The molecular formula is C27H49N5O5. The number of nitrogens with one attached hydrogen (secondary N) is 1. The van der Waals surface area contributed by atoms with E-state index < -0.39 is 23.5 Å². The number of carbonyl (C=O) groups excluding carboxylic acids is 3. The summed E-state index contributed by atoms with van der Waals surface area (Å²) in [7, 11) is 5.54. The molecule has 0 bridgehead atoms. The fourth-order valence-electron chi connectivity index (χ4n) is 5.47. The number of carboxylic acids is 1. The first-order chi connectivity index (χ1) is 17.1. The molecule has 2 aliphatic rings. The first-order valence-corrected chi connectivity index (χ1v) is 13.6. The van der Waals surface area contributed by atoms with Gasteiger partial charge in [-0.2, -0.15) is 0 Å². The number of hydrogen-bond acceptors (Lipinski definition) is 6. The van der Waals surface area contributed by atoms with E-state index in [-0.39, 0.29) is 42.3 Å². The molecule has 0 saturated carbocycles. The number of piperidine rings is 1. The van der Waals surface area contributed by atoms with Crippen molar-refractivity contribution in [2.24, 2.45) is 11.3 Å². The molecule has 0 spiro atoms. The second-order valence-electron chi connectivity index (χ2n) is 12.3. The largest absolute Gasteiger partial charge is 0.480 e. The zero-order valence-electron chi connectivity index (χ0n) is 24.1. The van der Waals surface area contributed by atoms with Crippen LogP contribution < -0.4 is 5.32 Å². The van der Waals surface area contributed by atoms with Crippen molar-refractivity contribution in [2.75, 3.05) is 47.3 Å². The minimum absolute atomic E-state index is 0.0858. The summed E-state index contributed by atoms with van der Waals surface area (Å²) >= 11 is 0. The van der Waals surface area contributed by atoms with Crippen molar-refractivity contribution in [3.8, 4) is 0 Å². The average Bonchev–Trinajstić information content (AvgIpc) is 3.30. The summed E-state index contributed by atoms with van der Waals surface area (Å²) < 4.78 is 0. The van der Waals surface area contributed by atoms with Gasteiger partial charge in [-0.15, -0.1) is 0 Å². The lowest BCUT2D eigenvalue weighted by Crippen LogP contribution is -2.60. The van der Waals surface area contributed by atoms with E-state index in [1.807, 2.05) is 53.6 Å². The SMILES string of the molecule is CC(C)[C@@H](CN(C)CC(=O)N1CCC[C@H]1C(=O)O)N(C)C(=O)[C@@H](NC(=O)[C@H]1CCCCN1C)C(C)(C)C. The van der Waals surface area contributed by atoms with Crippen molar-refractivity contribution in [3.63, 3.8) is 0 Å². The molecule has 2 fully saturated rings. The van der Waals surface area contributed by atoms with Crippen molar-refractivity contribution in [1.29, 1.82) is 0 Å². The standard InChI is InChI=1S/C27H49N5O5/c1-18(2)21(16-29(6)17-22(33)32-15-11-13-20(32)26(36)37)31(8)25(35)23(27(3,4)5)28-24(34)19-12-9-10-14-30(19)7/h18-21,23H,9-17H2,1-8H3,(H,28,34)(H,36,37)/t19-,20+,21-,23-/m1/s1. The van der Waals surface area contributed by atoms with E-state index in [4.69, 9.17) is 0 Å². The molecule has 10 nitrogen and oxygen atoms in total. The third kappa shape index (κ3) is 8.14. The molecule has 37 heavy (non-hydrogen) atoms. The Morgan fingerprint density at radius 1 is 1.00 bits per heavy atom. The zero-order valence-corrected chi connectivity index (χ0v) is 24.1. The van der Waals surface area contributed by atoms with Crippen LogP contribution in [0.5, 0.6) is 0 Å². The zero-order chi connectivity index (χ0) is 28.1. The number of hydrogen-bond donors (Lipinski definition) is 2. The van der Waals surface area contributed by atoms with Crippen LogP contribution >= 0.6 is 0 Å². The lowest BCUT2D eigenvalue weighted by atomic mass is 9.84. The van der Waals surface area contributed by atoms with Gasteiger partial charge in [0.1, 0.15) is 12.1 Å². The molecule has 0 radical (unpaired) electrons. The van der Waals surface area contributed by atoms with Crippen LogP contribution in [-0.4, -0.2) is 120 Å². The number of likely N-dealkylation sites (tertiary alicyclic amines) is 2. The van der Waals surface area contributed by atoms with Gasteiger partial charge >= 0.3 is 5.97 Å². The Kier molecular flexibility index (Phi) is 10.9. The number of aliphatic carboxylic acids is 1. The van der Waals surface area contributed by atoms with Gasteiger partial charge in [-0.05, 0) is 57.7 Å². The van der Waals surface area contributed by atoms with E-state index in [2.05, 4.69) is 10.2 Å². The van der Waals surface area contributed by atoms with Gasteiger partial charge in [0, 0.05) is 26.2 Å². The number of carboxylic acid groups (broad SMARTS) is 1. The predicted molar refractivity (Wildman–Crippen MR) is 143 cm³/mol. The summed E-state index contributed by atoms with van der Waals surface area (Å²) in [5.41, 5.74) is -0.487. The van der Waals surface area contributed by atoms with Gasteiger partial charge < -0.3 is 20.2 Å². The Hall–Kier alpha value is -2.20. The van der Waals surface area contributed by atoms with Gasteiger partial charge in [-0.3, -0.25) is 24.2 Å². The molecule has 2 rings (SSSR count). The molecule has 0 unspecified atom stereocenters. The number of likely N-dealkylation sites (N-methyl/N-ethyl adjacent to an activating group) is 3. The van der Waals surface area contributed by atoms with Gasteiger partial charge in [0.15, 0.2) is 0 Å². The monoisotopic (exact) mass is 523 g/mol. The molecule has 2 saturated heterocycles. The minimum Gasteiger partial charge on any atom is -0.480 e. The molecule has 0 aliphatic carbocycles. The summed E-state index contributed by atoms with van der Waals surface area (Å²) in [6, 6.07) is -1.87. The first kappa shape index (κ1) is 31.0. The lowest BCUT2D eigenvalue weighted by molar-refractivity contribution is -0.148. The van der Waals surface area contributed by atoms with E-state index in [0.29, 0.717) is 25.9 Å². The molecule has 3 amide bonds. The Labute approximate surface area is 222 Å². The van der Waals surface area contributed by atoms with Crippen molar-refractivity contribution in [2.45, 2.75) is 90.9 Å². The Morgan fingerprint density at radius 3 is 2.16 bits per heavy atom. The normalized spacial score (nSPS) is 22.7. The molecule has 2 aliphatic heterocycles. The summed E-state index contributed by atoms with van der Waals surface area (Å²) in [5.74, 6) is -1.32. The van der Waals surface area contributed by atoms with Crippen LogP contribution in [0.1, 0.15) is 66.7 Å². The Bertz CT molecular complexity index is 826. The number of carbonyl (C=O) groups is 4. The van der Waals surface area contributed by atoms with E-state index in [1.165, 1.54) is 4.90 Å². The van der Waals surface area contributed by atoms with Crippen molar-refractivity contribution in [1.82, 2.24) is 24.9 Å². The molecule has 0 aromatic rings. The fraction of sp³-hybridized carbons (Fsp3) is 0.852. The molecule has 0 aromatic carbocycles. The summed E-state index contributed by atoms with van der Waals surface area (Å²) in [4.78, 5) is 58.4. The third-order valence-corrected chi connectivity index (χ3v) is 7.85. The maximum Gasteiger partial charge on any atom is 0.326 e. The van der Waals surface area contributed by atoms with E-state index >= 15 is 0 Å². The van der Waals surface area contributed by atoms with Crippen molar-refractivity contribution in [3.05, 3.63) is 0 Å². The van der Waals surface area contributed by atoms with Crippen LogP contribution in [-0.2, 0) is 19.2 Å². The van der Waals surface area contributed by atoms with Crippen LogP contribution in [0.25, 0.3) is 0 Å². The van der Waals surface area contributed by atoms with Crippen LogP contribution in [0.4, 0.5) is 0 Å². The van der Waals surface area contributed by atoms with Gasteiger partial charge in [0.25, 0.3) is 0 Å². The Morgan fingerprint density at radius 2 is 1.62 bits per heavy atom. The van der Waals surface area contributed by atoms with Gasteiger partial charge in [-0.1, -0.05) is 41.0 Å². The average molecular weight is 524 g/mol. The third-order valence-electron chi connectivity index (χ3n) is 7.85. The van der Waals surface area contributed by atoms with E-state index in [1.54, 1.807) is 11.9 Å². The van der Waals surface area contributed by atoms with Crippen LogP contribution in [0.15, 0.2) is 0 Å². The number of amides is 3. The van der Waals surface area contributed by atoms with E-state index in [0.717, 1.165) is 25.8 Å². The quantitative estimate of drug-likeness (QED) is 0.446. The van der Waals surface area contributed by atoms with Crippen LogP contribution in [0.3, 0.4) is 0 Å². The predicted octanol–water partition coefficient (Wildman–Crippen LogP) is 1.49. The topological polar surface area (TPSA) is 113 Å². The maximum absolute atomic E-state index is 13.8. The highest BCUT2D eigenvalue weighted by Crippen LogP contribution is 2.25. The molecule has 212 valence electrons. The first-order valence-electron chi connectivity index (χ1n) is 13.6. The van der Waals surface area contributed by atoms with E-state index in [9.17, 15) is 24.3 Å². The highest BCUT2D eigenvalue weighted by molar-refractivity contribution is 5.90. The maximum atomic E-state index is 13.8.